The van der Waals surface area contributed by atoms with Crippen molar-refractivity contribution in [3.63, 3.8) is 0 Å². The first-order chi connectivity index (χ1) is 13.7. The third-order valence-corrected chi connectivity index (χ3v) is 6.85. The second-order valence-corrected chi connectivity index (χ2v) is 9.40. The number of hydrogen-bond acceptors (Lipinski definition) is 4. The molecule has 0 spiro atoms. The highest BCUT2D eigenvalue weighted by molar-refractivity contribution is 6.62. The third-order valence-electron chi connectivity index (χ3n) is 6.85. The standard InChI is InChI=1S/C21H29BF3NO4/c1-13-15(22-29-18(2,3)19(4,5)30-22)7-6-8-16(13)26-17(27)14-9-11-20(28,12-10-14)21(23,24)25/h6-8,14,28H,9-12H2,1-5H3,(H,26,27)/t14-,20+. The van der Waals surface area contributed by atoms with E-state index in [4.69, 9.17) is 9.31 Å². The lowest BCUT2D eigenvalue weighted by Crippen LogP contribution is -2.48. The molecule has 0 bridgehead atoms. The van der Waals surface area contributed by atoms with E-state index in [0.29, 0.717) is 5.69 Å². The maximum atomic E-state index is 13.0. The number of aliphatic hydroxyl groups is 1. The summed E-state index contributed by atoms with van der Waals surface area (Å²) >= 11 is 0. The van der Waals surface area contributed by atoms with Gasteiger partial charge in [0.25, 0.3) is 0 Å². The molecule has 166 valence electrons. The first-order valence-corrected chi connectivity index (χ1v) is 10.2. The van der Waals surface area contributed by atoms with Crippen molar-refractivity contribution in [1.82, 2.24) is 0 Å². The van der Waals surface area contributed by atoms with Crippen LogP contribution in [0.2, 0.25) is 0 Å². The normalized spacial score (nSPS) is 28.4. The van der Waals surface area contributed by atoms with E-state index in [1.807, 2.05) is 40.7 Å². The maximum absolute atomic E-state index is 13.0. The van der Waals surface area contributed by atoms with Gasteiger partial charge in [0.15, 0.2) is 5.60 Å². The summed E-state index contributed by atoms with van der Waals surface area (Å²) in [5, 5.41) is 12.6. The average Bonchev–Trinajstić information content (AvgIpc) is 2.83. The number of benzene rings is 1. The zero-order chi connectivity index (χ0) is 22.5. The molecule has 2 fully saturated rings. The van der Waals surface area contributed by atoms with Gasteiger partial charge in [0, 0.05) is 11.6 Å². The molecule has 0 unspecified atom stereocenters. The lowest BCUT2D eigenvalue weighted by Gasteiger charge is -2.36. The molecule has 1 aliphatic carbocycles. The van der Waals surface area contributed by atoms with Gasteiger partial charge in [0.1, 0.15) is 0 Å². The van der Waals surface area contributed by atoms with Crippen molar-refractivity contribution in [3.8, 4) is 0 Å². The molecule has 1 heterocycles. The number of hydrogen-bond donors (Lipinski definition) is 2. The number of nitrogens with one attached hydrogen (secondary N) is 1. The third kappa shape index (κ3) is 4.12. The Morgan fingerprint density at radius 1 is 1.13 bits per heavy atom. The lowest BCUT2D eigenvalue weighted by molar-refractivity contribution is -0.271. The fraction of sp³-hybridized carbons (Fsp3) is 0.667. The number of rotatable bonds is 3. The highest BCUT2D eigenvalue weighted by Gasteiger charge is 2.55. The van der Waals surface area contributed by atoms with Gasteiger partial charge in [-0.2, -0.15) is 13.2 Å². The zero-order valence-corrected chi connectivity index (χ0v) is 18.0. The summed E-state index contributed by atoms with van der Waals surface area (Å²) < 4.78 is 51.1. The maximum Gasteiger partial charge on any atom is 0.495 e. The van der Waals surface area contributed by atoms with Crippen molar-refractivity contribution in [2.75, 3.05) is 5.32 Å². The number of anilines is 1. The molecular formula is C21H29BF3NO4. The van der Waals surface area contributed by atoms with E-state index >= 15 is 0 Å². The Hall–Kier alpha value is -1.58. The van der Waals surface area contributed by atoms with Crippen molar-refractivity contribution in [3.05, 3.63) is 23.8 Å². The van der Waals surface area contributed by atoms with Crippen LogP contribution in [-0.2, 0) is 14.1 Å². The Morgan fingerprint density at radius 3 is 2.17 bits per heavy atom. The van der Waals surface area contributed by atoms with Gasteiger partial charge in [-0.1, -0.05) is 12.1 Å². The van der Waals surface area contributed by atoms with E-state index in [1.54, 1.807) is 12.1 Å². The molecule has 1 saturated heterocycles. The zero-order valence-electron chi connectivity index (χ0n) is 18.0. The first-order valence-electron chi connectivity index (χ1n) is 10.2. The summed E-state index contributed by atoms with van der Waals surface area (Å²) in [6, 6.07) is 5.40. The Balaban J connectivity index is 1.70. The lowest BCUT2D eigenvalue weighted by atomic mass is 9.75. The smallest absolute Gasteiger partial charge is 0.399 e. The van der Waals surface area contributed by atoms with Crippen molar-refractivity contribution >= 4 is 24.2 Å². The van der Waals surface area contributed by atoms with Crippen molar-refractivity contribution in [2.24, 2.45) is 5.92 Å². The molecule has 5 nitrogen and oxygen atoms in total. The van der Waals surface area contributed by atoms with Crippen LogP contribution < -0.4 is 10.8 Å². The first kappa shape index (κ1) is 23.1. The summed E-state index contributed by atoms with van der Waals surface area (Å²) in [7, 11) is -0.580. The predicted octanol–water partition coefficient (Wildman–Crippen LogP) is 3.72. The van der Waals surface area contributed by atoms with E-state index in [2.05, 4.69) is 5.32 Å². The summed E-state index contributed by atoms with van der Waals surface area (Å²) in [6.45, 7) is 9.68. The highest BCUT2D eigenvalue weighted by Crippen LogP contribution is 2.43. The molecule has 9 heteroatoms. The topological polar surface area (TPSA) is 67.8 Å². The van der Waals surface area contributed by atoms with Gasteiger partial charge in [-0.25, -0.2) is 0 Å². The van der Waals surface area contributed by atoms with E-state index in [9.17, 15) is 23.1 Å². The molecule has 2 N–H and O–H groups in total. The fourth-order valence-electron chi connectivity index (χ4n) is 3.89. The van der Waals surface area contributed by atoms with E-state index in [0.717, 1.165) is 11.0 Å². The summed E-state index contributed by atoms with van der Waals surface area (Å²) in [6.07, 6.45) is -5.65. The van der Waals surface area contributed by atoms with Crippen molar-refractivity contribution < 1.29 is 32.4 Å². The Bertz CT molecular complexity index is 801. The SMILES string of the molecule is Cc1c(NC(=O)[C@H]2CC[C@](O)(C(F)(F)F)CC2)cccc1B1OC(C)(C)C(C)(C)O1. The molecule has 30 heavy (non-hydrogen) atoms. The molecule has 1 aromatic carbocycles. The molecule has 2 aliphatic rings. The van der Waals surface area contributed by atoms with Gasteiger partial charge in [-0.3, -0.25) is 4.79 Å². The van der Waals surface area contributed by atoms with E-state index in [1.165, 1.54) is 0 Å². The second-order valence-electron chi connectivity index (χ2n) is 9.40. The Kier molecular flexibility index (Phi) is 5.80. The number of halogens is 3. The van der Waals surface area contributed by atoms with Crippen LogP contribution in [0.3, 0.4) is 0 Å². The Labute approximate surface area is 175 Å². The number of amides is 1. The molecule has 0 atom stereocenters. The second kappa shape index (κ2) is 7.53. The highest BCUT2D eigenvalue weighted by atomic mass is 19.4. The van der Waals surface area contributed by atoms with Gasteiger partial charge in [0.2, 0.25) is 5.91 Å². The Morgan fingerprint density at radius 2 is 1.67 bits per heavy atom. The number of carbonyl (C=O) groups is 1. The van der Waals surface area contributed by atoms with Gasteiger partial charge in [-0.05, 0) is 77.4 Å². The van der Waals surface area contributed by atoms with Crippen molar-refractivity contribution in [2.45, 2.75) is 83.3 Å². The number of alkyl halides is 3. The number of carbonyl (C=O) groups excluding carboxylic acids is 1. The van der Waals surface area contributed by atoms with Crippen LogP contribution in [-0.4, -0.2) is 41.1 Å². The summed E-state index contributed by atoms with van der Waals surface area (Å²) in [5.74, 6) is -0.916. The molecular weight excluding hydrogens is 398 g/mol. The minimum atomic E-state index is -4.68. The molecule has 1 aromatic rings. The summed E-state index contributed by atoms with van der Waals surface area (Å²) in [4.78, 5) is 12.7. The van der Waals surface area contributed by atoms with Crippen LogP contribution in [0.15, 0.2) is 18.2 Å². The van der Waals surface area contributed by atoms with Crippen LogP contribution in [0.25, 0.3) is 0 Å². The predicted molar refractivity (Wildman–Crippen MR) is 108 cm³/mol. The minimum absolute atomic E-state index is 0.0161. The van der Waals surface area contributed by atoms with Crippen LogP contribution in [0, 0.1) is 12.8 Å². The molecule has 0 radical (unpaired) electrons. The minimum Gasteiger partial charge on any atom is -0.399 e. The largest absolute Gasteiger partial charge is 0.495 e. The molecule has 3 rings (SSSR count). The molecule has 1 saturated carbocycles. The average molecular weight is 427 g/mol. The van der Waals surface area contributed by atoms with E-state index < -0.39 is 48.9 Å². The fourth-order valence-corrected chi connectivity index (χ4v) is 3.89. The summed E-state index contributed by atoms with van der Waals surface area (Å²) in [5.41, 5.74) is -1.55. The van der Waals surface area contributed by atoms with Gasteiger partial charge >= 0.3 is 13.3 Å². The van der Waals surface area contributed by atoms with Crippen LogP contribution in [0.1, 0.15) is 58.9 Å². The van der Waals surface area contributed by atoms with E-state index in [-0.39, 0.29) is 18.7 Å². The van der Waals surface area contributed by atoms with Crippen LogP contribution in [0.4, 0.5) is 18.9 Å². The van der Waals surface area contributed by atoms with Gasteiger partial charge in [0.05, 0.1) is 11.2 Å². The molecule has 1 aliphatic heterocycles. The quantitative estimate of drug-likeness (QED) is 0.722. The molecule has 0 aromatic heterocycles. The molecule has 1 amide bonds. The monoisotopic (exact) mass is 427 g/mol. The van der Waals surface area contributed by atoms with Crippen LogP contribution >= 0.6 is 0 Å². The van der Waals surface area contributed by atoms with Crippen molar-refractivity contribution in [1.29, 1.82) is 0 Å². The van der Waals surface area contributed by atoms with Gasteiger partial charge in [-0.15, -0.1) is 0 Å². The van der Waals surface area contributed by atoms with Crippen LogP contribution in [0.5, 0.6) is 0 Å². The van der Waals surface area contributed by atoms with Gasteiger partial charge < -0.3 is 19.7 Å².